The number of hydrogen-bond donors (Lipinski definition) is 3. The van der Waals surface area contributed by atoms with Crippen LogP contribution >= 0.6 is 0 Å². The Kier molecular flexibility index (Phi) is 2.68. The second-order valence-electron chi connectivity index (χ2n) is 4.45. The number of aromatic amines is 1. The third kappa shape index (κ3) is 1.86. The van der Waals surface area contributed by atoms with Crippen LogP contribution in [0, 0.1) is 0 Å². The number of nitrogens with zero attached hydrogens (tertiary/aromatic N) is 2. The lowest BCUT2D eigenvalue weighted by molar-refractivity contribution is 0.448. The summed E-state index contributed by atoms with van der Waals surface area (Å²) in [6, 6.07) is 1.96. The van der Waals surface area contributed by atoms with Gasteiger partial charge in [0.1, 0.15) is 11.3 Å². The van der Waals surface area contributed by atoms with Crippen molar-refractivity contribution in [3.63, 3.8) is 0 Å². The van der Waals surface area contributed by atoms with Crippen LogP contribution in [0.15, 0.2) is 12.3 Å². The summed E-state index contributed by atoms with van der Waals surface area (Å²) in [6.07, 6.45) is 4.09. The van der Waals surface area contributed by atoms with Crippen LogP contribution in [0.4, 0.5) is 5.69 Å². The molecule has 2 aromatic rings. The van der Waals surface area contributed by atoms with Crippen LogP contribution in [0.25, 0.3) is 11.2 Å². The summed E-state index contributed by atoms with van der Waals surface area (Å²) in [5.41, 5.74) is 2.89. The van der Waals surface area contributed by atoms with E-state index in [9.17, 15) is 0 Å². The van der Waals surface area contributed by atoms with Crippen molar-refractivity contribution in [3.05, 3.63) is 18.1 Å². The molecule has 0 aromatic carbocycles. The molecule has 1 saturated heterocycles. The van der Waals surface area contributed by atoms with Crippen LogP contribution in [0.5, 0.6) is 0 Å². The quantitative estimate of drug-likeness (QED) is 0.732. The van der Waals surface area contributed by atoms with Gasteiger partial charge in [-0.3, -0.25) is 0 Å². The topological polar surface area (TPSA) is 65.6 Å². The van der Waals surface area contributed by atoms with E-state index < -0.39 is 0 Å². The fraction of sp³-hybridized carbons (Fsp3) is 0.500. The van der Waals surface area contributed by atoms with Crippen LogP contribution in [0.2, 0.25) is 0 Å². The molecule has 0 bridgehead atoms. The lowest BCUT2D eigenvalue weighted by Gasteiger charge is -2.20. The summed E-state index contributed by atoms with van der Waals surface area (Å²) in [6.45, 7) is 2.15. The first kappa shape index (κ1) is 10.5. The van der Waals surface area contributed by atoms with Crippen LogP contribution in [-0.2, 0) is 0 Å². The first-order valence-electron chi connectivity index (χ1n) is 6.11. The normalized spacial score (nSPS) is 17.5. The monoisotopic (exact) mass is 231 g/mol. The van der Waals surface area contributed by atoms with Crippen molar-refractivity contribution < 1.29 is 0 Å². The zero-order chi connectivity index (χ0) is 11.7. The molecule has 0 spiro atoms. The molecule has 0 unspecified atom stereocenters. The maximum absolute atomic E-state index is 4.61. The van der Waals surface area contributed by atoms with Gasteiger partial charge in [0.05, 0.1) is 5.69 Å². The molecule has 0 radical (unpaired) electrons. The van der Waals surface area contributed by atoms with E-state index >= 15 is 0 Å². The number of rotatable bonds is 2. The number of nitrogens with one attached hydrogen (secondary N) is 3. The summed E-state index contributed by atoms with van der Waals surface area (Å²) < 4.78 is 0. The predicted octanol–water partition coefficient (Wildman–Crippen LogP) is 1.47. The Hall–Kier alpha value is -1.62. The summed E-state index contributed by atoms with van der Waals surface area (Å²) in [7, 11) is 1.92. The number of fused-ring (bicyclic) bond motifs is 1. The standard InChI is InChI=1S/C12H17N5/c1-13-9-4-7-15-12-10(9)16-11(17-12)8-2-5-14-6-3-8/h4,7-8,14H,2-3,5-6H2,1H3,(H2,13,15,16,17). The highest BCUT2D eigenvalue weighted by atomic mass is 15.0. The molecule has 0 atom stereocenters. The minimum Gasteiger partial charge on any atom is -0.386 e. The molecule has 3 rings (SSSR count). The Balaban J connectivity index is 2.00. The minimum atomic E-state index is 0.537. The molecule has 5 nitrogen and oxygen atoms in total. The molecule has 0 aliphatic carbocycles. The maximum Gasteiger partial charge on any atom is 0.179 e. The summed E-state index contributed by atoms with van der Waals surface area (Å²) >= 11 is 0. The third-order valence-corrected chi connectivity index (χ3v) is 3.41. The molecule has 0 saturated carbocycles. The Morgan fingerprint density at radius 3 is 2.94 bits per heavy atom. The van der Waals surface area contributed by atoms with Gasteiger partial charge in [-0.2, -0.15) is 0 Å². The molecular formula is C12H17N5. The van der Waals surface area contributed by atoms with E-state index in [2.05, 4.69) is 25.6 Å². The van der Waals surface area contributed by atoms with Crippen molar-refractivity contribution in [2.24, 2.45) is 0 Å². The number of pyridine rings is 1. The Morgan fingerprint density at radius 1 is 1.35 bits per heavy atom. The van der Waals surface area contributed by atoms with Crippen molar-refractivity contribution in [2.75, 3.05) is 25.5 Å². The van der Waals surface area contributed by atoms with E-state index in [1.165, 1.54) is 0 Å². The Labute approximate surface area is 100 Å². The van der Waals surface area contributed by atoms with E-state index in [1.807, 2.05) is 13.1 Å². The number of piperidine rings is 1. The SMILES string of the molecule is CNc1ccnc2nc(C3CCNCC3)[nH]c12. The van der Waals surface area contributed by atoms with Gasteiger partial charge in [-0.1, -0.05) is 0 Å². The average molecular weight is 231 g/mol. The number of H-pyrrole nitrogens is 1. The lowest BCUT2D eigenvalue weighted by atomic mass is 9.98. The van der Waals surface area contributed by atoms with Gasteiger partial charge >= 0.3 is 0 Å². The fourth-order valence-electron chi connectivity index (χ4n) is 2.43. The fourth-order valence-corrected chi connectivity index (χ4v) is 2.43. The van der Waals surface area contributed by atoms with E-state index in [1.54, 1.807) is 6.20 Å². The Bertz CT molecular complexity index is 513. The first-order valence-corrected chi connectivity index (χ1v) is 6.11. The smallest absolute Gasteiger partial charge is 0.179 e. The molecule has 1 fully saturated rings. The van der Waals surface area contributed by atoms with Gasteiger partial charge in [-0.15, -0.1) is 0 Å². The molecule has 1 aliphatic rings. The second-order valence-corrected chi connectivity index (χ2v) is 4.45. The van der Waals surface area contributed by atoms with Gasteiger partial charge in [0, 0.05) is 19.2 Å². The molecular weight excluding hydrogens is 214 g/mol. The van der Waals surface area contributed by atoms with E-state index in [0.29, 0.717) is 5.92 Å². The predicted molar refractivity (Wildman–Crippen MR) is 68.3 cm³/mol. The molecule has 3 heterocycles. The van der Waals surface area contributed by atoms with Gasteiger partial charge in [0.25, 0.3) is 0 Å². The number of hydrogen-bond acceptors (Lipinski definition) is 4. The Morgan fingerprint density at radius 2 is 2.18 bits per heavy atom. The molecule has 90 valence electrons. The van der Waals surface area contributed by atoms with Crippen molar-refractivity contribution in [3.8, 4) is 0 Å². The van der Waals surface area contributed by atoms with Gasteiger partial charge in [0.2, 0.25) is 0 Å². The molecule has 3 N–H and O–H groups in total. The molecule has 1 aliphatic heterocycles. The van der Waals surface area contributed by atoms with Gasteiger partial charge < -0.3 is 15.6 Å². The van der Waals surface area contributed by atoms with Crippen LogP contribution in [-0.4, -0.2) is 35.1 Å². The highest BCUT2D eigenvalue weighted by Crippen LogP contribution is 2.26. The maximum atomic E-state index is 4.61. The summed E-state index contributed by atoms with van der Waals surface area (Å²) in [4.78, 5) is 12.3. The molecule has 17 heavy (non-hydrogen) atoms. The number of aromatic nitrogens is 3. The van der Waals surface area contributed by atoms with Gasteiger partial charge in [-0.05, 0) is 32.0 Å². The van der Waals surface area contributed by atoms with Crippen molar-refractivity contribution >= 4 is 16.9 Å². The van der Waals surface area contributed by atoms with Crippen molar-refractivity contribution in [2.45, 2.75) is 18.8 Å². The van der Waals surface area contributed by atoms with Gasteiger partial charge in [0.15, 0.2) is 5.65 Å². The lowest BCUT2D eigenvalue weighted by Crippen LogP contribution is -2.27. The zero-order valence-electron chi connectivity index (χ0n) is 9.95. The van der Waals surface area contributed by atoms with Crippen LogP contribution < -0.4 is 10.6 Å². The summed E-state index contributed by atoms with van der Waals surface area (Å²) in [5, 5.41) is 6.53. The second kappa shape index (κ2) is 4.33. The highest BCUT2D eigenvalue weighted by molar-refractivity contribution is 5.85. The highest BCUT2D eigenvalue weighted by Gasteiger charge is 2.19. The number of anilines is 1. The minimum absolute atomic E-state index is 0.537. The molecule has 2 aromatic heterocycles. The molecule has 0 amide bonds. The van der Waals surface area contributed by atoms with E-state index in [-0.39, 0.29) is 0 Å². The third-order valence-electron chi connectivity index (χ3n) is 3.41. The number of imidazole rings is 1. The first-order chi connectivity index (χ1) is 8.38. The van der Waals surface area contributed by atoms with E-state index in [4.69, 9.17) is 0 Å². The van der Waals surface area contributed by atoms with Crippen LogP contribution in [0.3, 0.4) is 0 Å². The average Bonchev–Trinajstić information content (AvgIpc) is 2.83. The summed E-state index contributed by atoms with van der Waals surface area (Å²) in [5.74, 6) is 1.62. The zero-order valence-corrected chi connectivity index (χ0v) is 9.95. The van der Waals surface area contributed by atoms with Crippen molar-refractivity contribution in [1.82, 2.24) is 20.3 Å². The van der Waals surface area contributed by atoms with E-state index in [0.717, 1.165) is 48.6 Å². The van der Waals surface area contributed by atoms with Crippen molar-refractivity contribution in [1.29, 1.82) is 0 Å². The van der Waals surface area contributed by atoms with Gasteiger partial charge in [-0.25, -0.2) is 9.97 Å². The molecule has 5 heteroatoms. The largest absolute Gasteiger partial charge is 0.386 e. The van der Waals surface area contributed by atoms with Crippen LogP contribution in [0.1, 0.15) is 24.6 Å².